The van der Waals surface area contributed by atoms with E-state index in [4.69, 9.17) is 11.6 Å². The van der Waals surface area contributed by atoms with Crippen molar-refractivity contribution in [2.75, 3.05) is 5.32 Å². The van der Waals surface area contributed by atoms with Crippen molar-refractivity contribution in [1.29, 1.82) is 0 Å². The Morgan fingerprint density at radius 1 is 1.32 bits per heavy atom. The van der Waals surface area contributed by atoms with Crippen molar-refractivity contribution >= 4 is 34.5 Å². The number of alkyl halides is 1. The second-order valence-corrected chi connectivity index (χ2v) is 6.10. The van der Waals surface area contributed by atoms with Crippen LogP contribution in [0.25, 0.3) is 0 Å². The first-order chi connectivity index (χ1) is 9.11. The maximum atomic E-state index is 12.2. The van der Waals surface area contributed by atoms with Crippen molar-refractivity contribution in [3.05, 3.63) is 51.7 Å². The summed E-state index contributed by atoms with van der Waals surface area (Å²) < 4.78 is 0. The number of para-hydroxylation sites is 1. The van der Waals surface area contributed by atoms with E-state index in [-0.39, 0.29) is 11.3 Å². The van der Waals surface area contributed by atoms with Crippen LogP contribution in [0.3, 0.4) is 0 Å². The summed E-state index contributed by atoms with van der Waals surface area (Å²) >= 11 is 7.65. The highest BCUT2D eigenvalue weighted by molar-refractivity contribution is 7.14. The SMILES string of the molecule is CCc1ccc(C(=O)Nc2ccccc2C(C)Cl)s1. The second-order valence-electron chi connectivity index (χ2n) is 4.28. The van der Waals surface area contributed by atoms with Gasteiger partial charge in [0.05, 0.1) is 10.3 Å². The van der Waals surface area contributed by atoms with Gasteiger partial charge in [0.25, 0.3) is 5.91 Å². The van der Waals surface area contributed by atoms with Crippen LogP contribution >= 0.6 is 22.9 Å². The molecule has 0 aliphatic rings. The average Bonchev–Trinajstić information content (AvgIpc) is 2.88. The van der Waals surface area contributed by atoms with E-state index in [9.17, 15) is 4.79 Å². The Balaban J connectivity index is 2.19. The Bertz CT molecular complexity index is 577. The predicted octanol–water partition coefficient (Wildman–Crippen LogP) is 4.86. The zero-order valence-corrected chi connectivity index (χ0v) is 12.5. The summed E-state index contributed by atoms with van der Waals surface area (Å²) in [5, 5.41) is 2.80. The van der Waals surface area contributed by atoms with Crippen LogP contribution in [0.1, 0.15) is 39.3 Å². The third-order valence-electron chi connectivity index (χ3n) is 2.87. The fraction of sp³-hybridized carbons (Fsp3) is 0.267. The number of halogens is 1. The lowest BCUT2D eigenvalue weighted by molar-refractivity contribution is 0.103. The van der Waals surface area contributed by atoms with E-state index in [1.54, 1.807) is 0 Å². The smallest absolute Gasteiger partial charge is 0.265 e. The maximum absolute atomic E-state index is 12.2. The maximum Gasteiger partial charge on any atom is 0.265 e. The summed E-state index contributed by atoms with van der Waals surface area (Å²) in [6.07, 6.45) is 0.952. The summed E-state index contributed by atoms with van der Waals surface area (Å²) in [6, 6.07) is 11.5. The average molecular weight is 294 g/mol. The van der Waals surface area contributed by atoms with Gasteiger partial charge in [-0.3, -0.25) is 4.79 Å². The van der Waals surface area contributed by atoms with Crippen molar-refractivity contribution in [2.45, 2.75) is 25.6 Å². The van der Waals surface area contributed by atoms with Crippen LogP contribution in [0.2, 0.25) is 0 Å². The number of carbonyl (C=O) groups is 1. The fourth-order valence-electron chi connectivity index (χ4n) is 1.83. The lowest BCUT2D eigenvalue weighted by Gasteiger charge is -2.11. The molecule has 1 atom stereocenters. The molecule has 2 nitrogen and oxygen atoms in total. The number of carbonyl (C=O) groups excluding carboxylic acids is 1. The first-order valence-electron chi connectivity index (χ1n) is 6.25. The normalized spacial score (nSPS) is 12.2. The van der Waals surface area contributed by atoms with Gasteiger partial charge in [-0.1, -0.05) is 25.1 Å². The number of benzene rings is 1. The van der Waals surface area contributed by atoms with Crippen LogP contribution in [0.4, 0.5) is 5.69 Å². The monoisotopic (exact) mass is 293 g/mol. The van der Waals surface area contributed by atoms with E-state index in [0.29, 0.717) is 0 Å². The highest BCUT2D eigenvalue weighted by Crippen LogP contribution is 2.28. The van der Waals surface area contributed by atoms with Gasteiger partial charge in [-0.15, -0.1) is 22.9 Å². The first-order valence-corrected chi connectivity index (χ1v) is 7.50. The Labute approximate surface area is 122 Å². The third-order valence-corrected chi connectivity index (χ3v) is 4.33. The molecule has 0 fully saturated rings. The molecule has 0 radical (unpaired) electrons. The molecular formula is C15H16ClNOS. The van der Waals surface area contributed by atoms with Gasteiger partial charge in [-0.25, -0.2) is 0 Å². The standard InChI is InChI=1S/C15H16ClNOS/c1-3-11-8-9-14(19-11)15(18)17-13-7-5-4-6-12(13)10(2)16/h4-10H,3H2,1-2H3,(H,17,18). The van der Waals surface area contributed by atoms with Gasteiger partial charge in [0, 0.05) is 10.6 Å². The zero-order chi connectivity index (χ0) is 13.8. The molecule has 2 aromatic rings. The van der Waals surface area contributed by atoms with Crippen molar-refractivity contribution in [3.8, 4) is 0 Å². The molecule has 0 saturated carbocycles. The number of aryl methyl sites for hydroxylation is 1. The van der Waals surface area contributed by atoms with Gasteiger partial charge in [-0.05, 0) is 37.1 Å². The molecule has 19 heavy (non-hydrogen) atoms. The van der Waals surface area contributed by atoms with Gasteiger partial charge in [-0.2, -0.15) is 0 Å². The van der Waals surface area contributed by atoms with E-state index in [1.165, 1.54) is 16.2 Å². The minimum atomic E-state index is -0.133. The molecule has 4 heteroatoms. The van der Waals surface area contributed by atoms with Gasteiger partial charge in [0.15, 0.2) is 0 Å². The Kier molecular flexibility index (Phi) is 4.61. The fourth-order valence-corrected chi connectivity index (χ4v) is 2.86. The quantitative estimate of drug-likeness (QED) is 0.801. The summed E-state index contributed by atoms with van der Waals surface area (Å²) in [7, 11) is 0. The molecule has 2 rings (SSSR count). The molecule has 1 unspecified atom stereocenters. The van der Waals surface area contributed by atoms with E-state index in [2.05, 4.69) is 12.2 Å². The number of nitrogens with one attached hydrogen (secondary N) is 1. The number of anilines is 1. The summed E-state index contributed by atoms with van der Waals surface area (Å²) in [4.78, 5) is 14.1. The van der Waals surface area contributed by atoms with Gasteiger partial charge >= 0.3 is 0 Å². The van der Waals surface area contributed by atoms with Crippen molar-refractivity contribution in [1.82, 2.24) is 0 Å². The largest absolute Gasteiger partial charge is 0.321 e. The minimum Gasteiger partial charge on any atom is -0.321 e. The van der Waals surface area contributed by atoms with Crippen LogP contribution in [-0.4, -0.2) is 5.91 Å². The number of hydrogen-bond donors (Lipinski definition) is 1. The topological polar surface area (TPSA) is 29.1 Å². The third kappa shape index (κ3) is 3.37. The van der Waals surface area contributed by atoms with E-state index >= 15 is 0 Å². The highest BCUT2D eigenvalue weighted by Gasteiger charge is 2.13. The lowest BCUT2D eigenvalue weighted by atomic mass is 10.1. The molecule has 0 aliphatic heterocycles. The molecule has 1 aromatic carbocycles. The number of amides is 1. The molecule has 1 N–H and O–H groups in total. The Hall–Kier alpha value is -1.32. The number of thiophene rings is 1. The Morgan fingerprint density at radius 2 is 2.05 bits per heavy atom. The van der Waals surface area contributed by atoms with Gasteiger partial charge in [0.1, 0.15) is 0 Å². The van der Waals surface area contributed by atoms with Crippen LogP contribution in [-0.2, 0) is 6.42 Å². The van der Waals surface area contributed by atoms with E-state index in [1.807, 2.05) is 43.3 Å². The van der Waals surface area contributed by atoms with Crippen molar-refractivity contribution in [2.24, 2.45) is 0 Å². The van der Waals surface area contributed by atoms with Crippen LogP contribution in [0.15, 0.2) is 36.4 Å². The summed E-state index contributed by atoms with van der Waals surface area (Å²) in [6.45, 7) is 3.98. The summed E-state index contributed by atoms with van der Waals surface area (Å²) in [5.41, 5.74) is 1.71. The van der Waals surface area contributed by atoms with Crippen molar-refractivity contribution < 1.29 is 4.79 Å². The molecule has 1 amide bonds. The predicted molar refractivity (Wildman–Crippen MR) is 82.4 cm³/mol. The van der Waals surface area contributed by atoms with E-state index < -0.39 is 0 Å². The van der Waals surface area contributed by atoms with Crippen LogP contribution in [0, 0.1) is 0 Å². The molecule has 0 saturated heterocycles. The molecule has 0 bridgehead atoms. The summed E-state index contributed by atoms with van der Waals surface area (Å²) in [5.74, 6) is -0.0746. The van der Waals surface area contributed by atoms with Crippen LogP contribution < -0.4 is 5.32 Å². The lowest BCUT2D eigenvalue weighted by Crippen LogP contribution is -2.11. The molecule has 0 aliphatic carbocycles. The highest BCUT2D eigenvalue weighted by atomic mass is 35.5. The molecule has 0 spiro atoms. The van der Waals surface area contributed by atoms with Crippen LogP contribution in [0.5, 0.6) is 0 Å². The van der Waals surface area contributed by atoms with Gasteiger partial charge < -0.3 is 5.32 Å². The molecule has 1 aromatic heterocycles. The Morgan fingerprint density at radius 3 is 2.68 bits per heavy atom. The zero-order valence-electron chi connectivity index (χ0n) is 10.9. The number of rotatable bonds is 4. The first kappa shape index (κ1) is 14.1. The minimum absolute atomic E-state index is 0.0746. The van der Waals surface area contributed by atoms with E-state index in [0.717, 1.165) is 22.5 Å². The molecular weight excluding hydrogens is 278 g/mol. The molecule has 100 valence electrons. The number of hydrogen-bond acceptors (Lipinski definition) is 2. The van der Waals surface area contributed by atoms with Crippen molar-refractivity contribution in [3.63, 3.8) is 0 Å². The van der Waals surface area contributed by atoms with Gasteiger partial charge in [0.2, 0.25) is 0 Å². The second kappa shape index (κ2) is 6.22. The molecule has 1 heterocycles.